The number of hydrogen-bond acceptors (Lipinski definition) is 5. The van der Waals surface area contributed by atoms with E-state index in [1.165, 1.54) is 20.5 Å². The summed E-state index contributed by atoms with van der Waals surface area (Å²) in [6.45, 7) is 0. The zero-order valence-electron chi connectivity index (χ0n) is 11.6. The lowest BCUT2D eigenvalue weighted by Gasteiger charge is -2.09. The fourth-order valence-corrected chi connectivity index (χ4v) is 1.76. The van der Waals surface area contributed by atoms with Gasteiger partial charge in [-0.25, -0.2) is 14.8 Å². The standard InChI is InChI=1S/C15H14N2O3.ClH/c1-19-13-5-3-4-12(14(13)15(18)20-2)7-6-11-8-16-10-17-9-11;/h3-10H,1-2H3;1H/b7-6+;. The number of hydrogen-bond donors (Lipinski definition) is 0. The zero-order chi connectivity index (χ0) is 14.4. The van der Waals surface area contributed by atoms with Gasteiger partial charge in [-0.2, -0.15) is 0 Å². The summed E-state index contributed by atoms with van der Waals surface area (Å²) in [5, 5.41) is 0. The van der Waals surface area contributed by atoms with Crippen molar-refractivity contribution >= 4 is 30.5 Å². The number of carbonyl (C=O) groups excluding carboxylic acids is 1. The Labute approximate surface area is 129 Å². The molecule has 0 unspecified atom stereocenters. The van der Waals surface area contributed by atoms with Crippen LogP contribution in [0, 0.1) is 0 Å². The van der Waals surface area contributed by atoms with Crippen LogP contribution < -0.4 is 4.74 Å². The van der Waals surface area contributed by atoms with Gasteiger partial charge in [0.15, 0.2) is 0 Å². The molecule has 2 aromatic rings. The van der Waals surface area contributed by atoms with Crippen LogP contribution in [0.25, 0.3) is 12.2 Å². The Morgan fingerprint density at radius 1 is 1.14 bits per heavy atom. The Bertz CT molecular complexity index is 630. The fourth-order valence-electron chi connectivity index (χ4n) is 1.76. The molecule has 0 radical (unpaired) electrons. The van der Waals surface area contributed by atoms with E-state index in [2.05, 4.69) is 9.97 Å². The van der Waals surface area contributed by atoms with Gasteiger partial charge < -0.3 is 9.47 Å². The molecular formula is C15H15ClN2O3. The summed E-state index contributed by atoms with van der Waals surface area (Å²) in [6, 6.07) is 5.34. The number of ether oxygens (including phenoxy) is 2. The first-order chi connectivity index (χ1) is 9.76. The molecule has 1 aromatic carbocycles. The second-order valence-corrected chi connectivity index (χ2v) is 3.92. The zero-order valence-corrected chi connectivity index (χ0v) is 12.5. The van der Waals surface area contributed by atoms with E-state index in [-0.39, 0.29) is 12.4 Å². The SMILES string of the molecule is COC(=O)c1c(/C=C/c2cncnc2)cccc1OC.Cl. The molecule has 0 aliphatic rings. The first-order valence-corrected chi connectivity index (χ1v) is 5.94. The Hall–Kier alpha value is -2.40. The number of nitrogens with zero attached hydrogens (tertiary/aromatic N) is 2. The predicted octanol–water partition coefficient (Wildman–Crippen LogP) is 2.86. The lowest BCUT2D eigenvalue weighted by Crippen LogP contribution is -2.06. The van der Waals surface area contributed by atoms with Crippen molar-refractivity contribution in [3.8, 4) is 5.75 Å². The van der Waals surface area contributed by atoms with Gasteiger partial charge in [0.2, 0.25) is 0 Å². The van der Waals surface area contributed by atoms with Crippen molar-refractivity contribution in [1.82, 2.24) is 9.97 Å². The number of rotatable bonds is 4. The summed E-state index contributed by atoms with van der Waals surface area (Å²) in [5.74, 6) is 0.0368. The first kappa shape index (κ1) is 16.7. The van der Waals surface area contributed by atoms with Gasteiger partial charge in [0.05, 0.1) is 14.2 Å². The highest BCUT2D eigenvalue weighted by molar-refractivity contribution is 5.97. The summed E-state index contributed by atoms with van der Waals surface area (Å²) in [5.41, 5.74) is 1.94. The molecule has 0 aliphatic carbocycles. The lowest BCUT2D eigenvalue weighted by atomic mass is 10.1. The molecule has 2 rings (SSSR count). The molecule has 0 saturated carbocycles. The van der Waals surface area contributed by atoms with Gasteiger partial charge in [0.25, 0.3) is 0 Å². The van der Waals surface area contributed by atoms with E-state index in [1.807, 2.05) is 18.2 Å². The van der Waals surface area contributed by atoms with E-state index in [0.717, 1.165) is 5.56 Å². The van der Waals surface area contributed by atoms with E-state index in [0.29, 0.717) is 16.9 Å². The minimum atomic E-state index is -0.439. The molecule has 1 heterocycles. The molecule has 0 fully saturated rings. The van der Waals surface area contributed by atoms with E-state index in [4.69, 9.17) is 9.47 Å². The summed E-state index contributed by atoms with van der Waals surface area (Å²) >= 11 is 0. The summed E-state index contributed by atoms with van der Waals surface area (Å²) in [7, 11) is 2.85. The Morgan fingerprint density at radius 3 is 2.48 bits per heavy atom. The minimum absolute atomic E-state index is 0. The number of carbonyl (C=O) groups is 1. The third-order valence-corrected chi connectivity index (χ3v) is 2.70. The van der Waals surface area contributed by atoms with Crippen LogP contribution >= 0.6 is 12.4 Å². The molecule has 0 spiro atoms. The van der Waals surface area contributed by atoms with Crippen LogP contribution in [0.4, 0.5) is 0 Å². The largest absolute Gasteiger partial charge is 0.496 e. The molecule has 0 bridgehead atoms. The van der Waals surface area contributed by atoms with Crippen molar-refractivity contribution in [2.45, 2.75) is 0 Å². The molecule has 21 heavy (non-hydrogen) atoms. The van der Waals surface area contributed by atoms with Crippen LogP contribution in [0.15, 0.2) is 36.9 Å². The van der Waals surface area contributed by atoms with Crippen LogP contribution in [0.5, 0.6) is 5.75 Å². The Kier molecular flexibility index (Phi) is 6.36. The number of benzene rings is 1. The lowest BCUT2D eigenvalue weighted by molar-refractivity contribution is 0.0597. The molecule has 0 aliphatic heterocycles. The second-order valence-electron chi connectivity index (χ2n) is 3.92. The van der Waals surface area contributed by atoms with E-state index >= 15 is 0 Å². The monoisotopic (exact) mass is 306 g/mol. The van der Waals surface area contributed by atoms with Crippen LogP contribution in [0.1, 0.15) is 21.5 Å². The van der Waals surface area contributed by atoms with E-state index in [1.54, 1.807) is 24.5 Å². The molecule has 5 nitrogen and oxygen atoms in total. The summed E-state index contributed by atoms with van der Waals surface area (Å²) < 4.78 is 10.00. The first-order valence-electron chi connectivity index (χ1n) is 5.94. The van der Waals surface area contributed by atoms with Crippen molar-refractivity contribution in [2.75, 3.05) is 14.2 Å². The van der Waals surface area contributed by atoms with Gasteiger partial charge >= 0.3 is 5.97 Å². The minimum Gasteiger partial charge on any atom is -0.496 e. The van der Waals surface area contributed by atoms with Crippen molar-refractivity contribution in [3.63, 3.8) is 0 Å². The second kappa shape index (κ2) is 8.01. The average molecular weight is 307 g/mol. The average Bonchev–Trinajstić information content (AvgIpc) is 2.52. The van der Waals surface area contributed by atoms with Gasteiger partial charge in [-0.3, -0.25) is 0 Å². The predicted molar refractivity (Wildman–Crippen MR) is 82.5 cm³/mol. The molecule has 0 saturated heterocycles. The molecule has 0 atom stereocenters. The summed E-state index contributed by atoms with van der Waals surface area (Å²) in [4.78, 5) is 19.7. The molecular weight excluding hydrogens is 292 g/mol. The van der Waals surface area contributed by atoms with E-state index in [9.17, 15) is 4.79 Å². The van der Waals surface area contributed by atoms with Crippen LogP contribution in [-0.4, -0.2) is 30.2 Å². The van der Waals surface area contributed by atoms with E-state index < -0.39 is 5.97 Å². The Morgan fingerprint density at radius 2 is 1.86 bits per heavy atom. The van der Waals surface area contributed by atoms with Crippen LogP contribution in [0.3, 0.4) is 0 Å². The highest BCUT2D eigenvalue weighted by Crippen LogP contribution is 2.24. The van der Waals surface area contributed by atoms with Crippen molar-refractivity contribution in [1.29, 1.82) is 0 Å². The number of halogens is 1. The molecule has 6 heteroatoms. The highest BCUT2D eigenvalue weighted by Gasteiger charge is 2.16. The fraction of sp³-hybridized carbons (Fsp3) is 0.133. The third kappa shape index (κ3) is 4.03. The number of methoxy groups -OCH3 is 2. The quantitative estimate of drug-likeness (QED) is 0.813. The van der Waals surface area contributed by atoms with Gasteiger partial charge in [-0.1, -0.05) is 24.3 Å². The third-order valence-electron chi connectivity index (χ3n) is 2.70. The van der Waals surface area contributed by atoms with Crippen LogP contribution in [0.2, 0.25) is 0 Å². The normalized spacial score (nSPS) is 10.0. The van der Waals surface area contributed by atoms with Crippen molar-refractivity contribution in [2.24, 2.45) is 0 Å². The topological polar surface area (TPSA) is 61.3 Å². The molecule has 0 amide bonds. The summed E-state index contributed by atoms with van der Waals surface area (Å²) in [6.07, 6.45) is 8.44. The maximum absolute atomic E-state index is 11.9. The molecule has 1 aromatic heterocycles. The van der Waals surface area contributed by atoms with Gasteiger partial charge in [-0.05, 0) is 11.6 Å². The molecule has 110 valence electrons. The number of esters is 1. The maximum atomic E-state index is 11.9. The van der Waals surface area contributed by atoms with Crippen molar-refractivity contribution < 1.29 is 14.3 Å². The smallest absolute Gasteiger partial charge is 0.342 e. The Balaban J connectivity index is 0.00000220. The van der Waals surface area contributed by atoms with Crippen molar-refractivity contribution in [3.05, 3.63) is 53.6 Å². The highest BCUT2D eigenvalue weighted by atomic mass is 35.5. The van der Waals surface area contributed by atoms with Crippen LogP contribution in [-0.2, 0) is 4.74 Å². The van der Waals surface area contributed by atoms with Gasteiger partial charge in [-0.15, -0.1) is 12.4 Å². The number of aromatic nitrogens is 2. The molecule has 0 N–H and O–H groups in total. The van der Waals surface area contributed by atoms with Gasteiger partial charge in [0.1, 0.15) is 17.6 Å². The van der Waals surface area contributed by atoms with Gasteiger partial charge in [0, 0.05) is 18.0 Å². The maximum Gasteiger partial charge on any atom is 0.342 e.